The first-order valence-corrected chi connectivity index (χ1v) is 8.26. The third kappa shape index (κ3) is 2.38. The summed E-state index contributed by atoms with van der Waals surface area (Å²) in [6, 6.07) is 0. The van der Waals surface area contributed by atoms with Crippen LogP contribution >= 0.6 is 0 Å². The van der Waals surface area contributed by atoms with Crippen LogP contribution in [0.4, 0.5) is 0 Å². The van der Waals surface area contributed by atoms with Gasteiger partial charge < -0.3 is 9.31 Å². The molecule has 0 unspecified atom stereocenters. The Morgan fingerprint density at radius 2 is 1.37 bits per heavy atom. The molecule has 0 spiro atoms. The highest BCUT2D eigenvalue weighted by atomic mass is 16.7. The number of rotatable bonds is 1. The molecule has 0 aromatic rings. The number of fused-ring (bicyclic) bond motifs is 1. The zero-order valence-electron chi connectivity index (χ0n) is 13.1. The Morgan fingerprint density at radius 1 is 0.789 bits per heavy atom. The van der Waals surface area contributed by atoms with E-state index < -0.39 is 0 Å². The fourth-order valence-electron chi connectivity index (χ4n) is 4.39. The molecule has 0 aromatic heterocycles. The molecule has 1 heterocycles. The lowest BCUT2D eigenvalue weighted by Gasteiger charge is -2.42. The van der Waals surface area contributed by atoms with Crippen molar-refractivity contribution in [2.75, 3.05) is 0 Å². The second-order valence-electron chi connectivity index (χ2n) is 7.93. The lowest BCUT2D eigenvalue weighted by atomic mass is 9.53. The van der Waals surface area contributed by atoms with Crippen molar-refractivity contribution in [1.82, 2.24) is 0 Å². The van der Waals surface area contributed by atoms with E-state index in [9.17, 15) is 0 Å². The molecule has 3 aliphatic rings. The average molecular weight is 264 g/mol. The fourth-order valence-corrected chi connectivity index (χ4v) is 4.39. The Bertz CT molecular complexity index is 322. The van der Waals surface area contributed by atoms with E-state index in [1.54, 1.807) is 0 Å². The van der Waals surface area contributed by atoms with Crippen molar-refractivity contribution < 1.29 is 9.31 Å². The molecule has 2 saturated carbocycles. The topological polar surface area (TPSA) is 18.5 Å². The van der Waals surface area contributed by atoms with Crippen LogP contribution in [0.5, 0.6) is 0 Å². The summed E-state index contributed by atoms with van der Waals surface area (Å²) in [5, 5.41) is 0. The molecule has 1 aliphatic heterocycles. The van der Waals surface area contributed by atoms with E-state index in [1.165, 1.54) is 44.9 Å². The van der Waals surface area contributed by atoms with Crippen LogP contribution < -0.4 is 0 Å². The summed E-state index contributed by atoms with van der Waals surface area (Å²) in [6.45, 7) is 8.70. The monoisotopic (exact) mass is 264 g/mol. The second kappa shape index (κ2) is 4.77. The second-order valence-corrected chi connectivity index (χ2v) is 7.93. The minimum atomic E-state index is -0.167. The van der Waals surface area contributed by atoms with E-state index in [1.807, 2.05) is 0 Å². The van der Waals surface area contributed by atoms with Gasteiger partial charge in [-0.25, -0.2) is 0 Å². The zero-order chi connectivity index (χ0) is 13.7. The van der Waals surface area contributed by atoms with E-state index >= 15 is 0 Å². The Hall–Kier alpha value is -0.0151. The summed E-state index contributed by atoms with van der Waals surface area (Å²) < 4.78 is 12.7. The van der Waals surface area contributed by atoms with Gasteiger partial charge in [0, 0.05) is 0 Å². The zero-order valence-corrected chi connectivity index (χ0v) is 13.1. The van der Waals surface area contributed by atoms with Crippen LogP contribution in [-0.4, -0.2) is 18.3 Å². The maximum absolute atomic E-state index is 6.33. The Labute approximate surface area is 118 Å². The van der Waals surface area contributed by atoms with Gasteiger partial charge in [-0.2, -0.15) is 0 Å². The fraction of sp³-hybridized carbons (Fsp3) is 1.00. The first kappa shape index (κ1) is 13.9. The van der Waals surface area contributed by atoms with Crippen molar-refractivity contribution >= 4 is 7.12 Å². The quantitative estimate of drug-likeness (QED) is 0.652. The highest BCUT2D eigenvalue weighted by Gasteiger charge is 2.56. The minimum absolute atomic E-state index is 0.0379. The van der Waals surface area contributed by atoms with Gasteiger partial charge in [-0.3, -0.25) is 0 Å². The van der Waals surface area contributed by atoms with Gasteiger partial charge in [-0.05, 0) is 45.3 Å². The van der Waals surface area contributed by atoms with Crippen LogP contribution in [0.3, 0.4) is 0 Å². The predicted octanol–water partition coefficient (Wildman–Crippen LogP) is 4.44. The van der Waals surface area contributed by atoms with Crippen LogP contribution in [0.25, 0.3) is 0 Å². The largest absolute Gasteiger partial charge is 0.461 e. The summed E-state index contributed by atoms with van der Waals surface area (Å²) >= 11 is 0. The highest BCUT2D eigenvalue weighted by molar-refractivity contribution is 6.47. The molecule has 2 nitrogen and oxygen atoms in total. The van der Waals surface area contributed by atoms with Gasteiger partial charge in [0.1, 0.15) is 0 Å². The number of hydrogen-bond acceptors (Lipinski definition) is 2. The molecule has 1 saturated heterocycles. The van der Waals surface area contributed by atoms with E-state index in [0.29, 0.717) is 5.82 Å². The molecule has 19 heavy (non-hydrogen) atoms. The third-order valence-corrected chi connectivity index (χ3v) is 6.25. The van der Waals surface area contributed by atoms with Crippen LogP contribution in [0.15, 0.2) is 0 Å². The standard InChI is InChI=1S/C16H29BO2/c1-15(2)16(3,4)19-17(18-15)14-11-7-9-12-8-5-6-10-13(12)14/h12-14H,5-11H2,1-4H3/t12-,13-,14+/m0/s1. The summed E-state index contributed by atoms with van der Waals surface area (Å²) in [4.78, 5) is 0. The summed E-state index contributed by atoms with van der Waals surface area (Å²) in [7, 11) is 0.0379. The predicted molar refractivity (Wildman–Crippen MR) is 79.1 cm³/mol. The highest BCUT2D eigenvalue weighted by Crippen LogP contribution is 2.51. The summed E-state index contributed by atoms with van der Waals surface area (Å²) in [5.74, 6) is 2.45. The van der Waals surface area contributed by atoms with Crippen molar-refractivity contribution in [1.29, 1.82) is 0 Å². The van der Waals surface area contributed by atoms with Crippen molar-refractivity contribution in [2.45, 2.75) is 89.7 Å². The molecule has 0 amide bonds. The molecule has 3 heteroatoms. The maximum atomic E-state index is 6.33. The molecule has 0 radical (unpaired) electrons. The molecule has 0 aromatic carbocycles. The van der Waals surface area contributed by atoms with Gasteiger partial charge in [-0.15, -0.1) is 0 Å². The Morgan fingerprint density at radius 3 is 2.05 bits per heavy atom. The molecule has 3 atom stereocenters. The van der Waals surface area contributed by atoms with Gasteiger partial charge in [0.25, 0.3) is 0 Å². The smallest absolute Gasteiger partial charge is 0.403 e. The number of hydrogen-bond donors (Lipinski definition) is 0. The van der Waals surface area contributed by atoms with Gasteiger partial charge in [0.15, 0.2) is 0 Å². The van der Waals surface area contributed by atoms with E-state index in [0.717, 1.165) is 11.8 Å². The Balaban J connectivity index is 1.75. The minimum Gasteiger partial charge on any atom is -0.403 e. The molecular formula is C16H29BO2. The van der Waals surface area contributed by atoms with Crippen LogP contribution in [0.1, 0.15) is 72.6 Å². The lowest BCUT2D eigenvalue weighted by molar-refractivity contribution is 0.00578. The van der Waals surface area contributed by atoms with Crippen molar-refractivity contribution in [3.63, 3.8) is 0 Å². The van der Waals surface area contributed by atoms with Crippen molar-refractivity contribution in [2.24, 2.45) is 11.8 Å². The Kier molecular flexibility index (Phi) is 3.50. The molecule has 3 rings (SSSR count). The lowest BCUT2D eigenvalue weighted by Crippen LogP contribution is -2.41. The first-order valence-electron chi connectivity index (χ1n) is 8.26. The van der Waals surface area contributed by atoms with E-state index in [4.69, 9.17) is 9.31 Å². The van der Waals surface area contributed by atoms with Crippen LogP contribution in [0.2, 0.25) is 5.82 Å². The maximum Gasteiger partial charge on any atom is 0.461 e. The van der Waals surface area contributed by atoms with Gasteiger partial charge in [-0.1, -0.05) is 44.9 Å². The molecule has 0 bridgehead atoms. The SMILES string of the molecule is CC1(C)OB([C@@H]2CCC[C@@H]3CCCC[C@@H]32)OC1(C)C. The van der Waals surface area contributed by atoms with Crippen LogP contribution in [-0.2, 0) is 9.31 Å². The normalized spacial score (nSPS) is 41.1. The summed E-state index contributed by atoms with van der Waals surface area (Å²) in [5.41, 5.74) is -0.335. The van der Waals surface area contributed by atoms with Gasteiger partial charge >= 0.3 is 7.12 Å². The van der Waals surface area contributed by atoms with Gasteiger partial charge in [0.2, 0.25) is 0 Å². The third-order valence-electron chi connectivity index (χ3n) is 6.25. The first-order chi connectivity index (χ1) is 8.91. The average Bonchev–Trinajstić information content (AvgIpc) is 2.58. The summed E-state index contributed by atoms with van der Waals surface area (Å²) in [6.07, 6.45) is 9.82. The van der Waals surface area contributed by atoms with Crippen LogP contribution in [0, 0.1) is 11.8 Å². The van der Waals surface area contributed by atoms with E-state index in [-0.39, 0.29) is 18.3 Å². The molecular weight excluding hydrogens is 235 g/mol. The van der Waals surface area contributed by atoms with Crippen molar-refractivity contribution in [3.8, 4) is 0 Å². The molecule has 3 fully saturated rings. The van der Waals surface area contributed by atoms with Crippen molar-refractivity contribution in [3.05, 3.63) is 0 Å². The molecule has 2 aliphatic carbocycles. The van der Waals surface area contributed by atoms with E-state index in [2.05, 4.69) is 27.7 Å². The molecule has 0 N–H and O–H groups in total. The van der Waals surface area contributed by atoms with Gasteiger partial charge in [0.05, 0.1) is 11.2 Å². The molecule has 108 valence electrons.